The number of benzene rings is 2. The Kier molecular flexibility index (Phi) is 5.23. The molecule has 0 saturated heterocycles. The van der Waals surface area contributed by atoms with Gasteiger partial charge in [0.05, 0.1) is 5.69 Å². The molecule has 2 rings (SSSR count). The molecule has 0 spiro atoms. The topological polar surface area (TPSA) is 122 Å². The van der Waals surface area contributed by atoms with Crippen molar-refractivity contribution in [3.8, 4) is 0 Å². The van der Waals surface area contributed by atoms with Gasteiger partial charge in [-0.25, -0.2) is 9.18 Å². The van der Waals surface area contributed by atoms with Gasteiger partial charge < -0.3 is 16.2 Å². The molecule has 24 heavy (non-hydrogen) atoms. The molecule has 2 aromatic rings. The van der Waals surface area contributed by atoms with Crippen molar-refractivity contribution in [3.63, 3.8) is 0 Å². The van der Waals surface area contributed by atoms with Gasteiger partial charge in [0.1, 0.15) is 5.82 Å². The largest absolute Gasteiger partial charge is 0.465 e. The molecule has 0 fully saturated rings. The molecule has 0 aliphatic carbocycles. The second-order valence-electron chi connectivity index (χ2n) is 4.80. The highest BCUT2D eigenvalue weighted by molar-refractivity contribution is 6.14. The number of hydrogen-bond acceptors (Lipinski definition) is 4. The van der Waals surface area contributed by atoms with Gasteiger partial charge in [-0.3, -0.25) is 14.9 Å². The van der Waals surface area contributed by atoms with E-state index in [0.29, 0.717) is 0 Å². The molecule has 0 aliphatic heterocycles. The fourth-order valence-electron chi connectivity index (χ4n) is 1.96. The first-order valence-corrected chi connectivity index (χ1v) is 6.83. The molecule has 5 N–H and O–H groups in total. The van der Waals surface area contributed by atoms with Crippen molar-refractivity contribution in [1.29, 1.82) is 0 Å². The average Bonchev–Trinajstić information content (AvgIpc) is 2.54. The van der Waals surface area contributed by atoms with E-state index in [1.54, 1.807) is 17.4 Å². The van der Waals surface area contributed by atoms with Crippen LogP contribution in [0.25, 0.3) is 0 Å². The Hall–Kier alpha value is -3.26. The molecule has 0 radical (unpaired) electrons. The number of nitrogens with one attached hydrogen (secondary N) is 2. The zero-order valence-electron chi connectivity index (χ0n) is 12.3. The van der Waals surface area contributed by atoms with E-state index in [0.717, 1.165) is 12.1 Å². The number of rotatable bonds is 5. The first-order valence-electron chi connectivity index (χ1n) is 6.83. The van der Waals surface area contributed by atoms with Crippen LogP contribution in [0.15, 0.2) is 48.5 Å². The van der Waals surface area contributed by atoms with E-state index in [-0.39, 0.29) is 16.8 Å². The fraction of sp³-hybridized carbons (Fsp3) is 0.0625. The Labute approximate surface area is 136 Å². The molecular formula is C16H14FN3O4. The molecule has 0 aromatic heterocycles. The lowest BCUT2D eigenvalue weighted by atomic mass is 10.0. The predicted octanol–water partition coefficient (Wildman–Crippen LogP) is 1.55. The monoisotopic (exact) mass is 331 g/mol. The summed E-state index contributed by atoms with van der Waals surface area (Å²) in [5.74, 6) is -1.72. The number of ketones is 1. The lowest BCUT2D eigenvalue weighted by Gasteiger charge is -2.14. The van der Waals surface area contributed by atoms with E-state index in [1.807, 2.05) is 0 Å². The summed E-state index contributed by atoms with van der Waals surface area (Å²) in [4.78, 5) is 34.9. The molecule has 0 aliphatic rings. The number of nitrogens with two attached hydrogens (primary N) is 1. The second kappa shape index (κ2) is 7.34. The Morgan fingerprint density at radius 3 is 2.29 bits per heavy atom. The minimum absolute atomic E-state index is 0.166. The SMILES string of the molecule is NC(NC(=O)O)C(=O)Nc1ccccc1C(=O)c1ccc(F)cc1. The Morgan fingerprint density at radius 1 is 1.04 bits per heavy atom. The standard InChI is InChI=1S/C16H14FN3O4/c17-10-7-5-9(6-8-10)13(21)11-3-1-2-4-12(11)19-15(22)14(18)20-16(23)24/h1-8,14,20H,18H2,(H,19,22)(H,23,24). The van der Waals surface area contributed by atoms with Crippen LogP contribution in [-0.4, -0.2) is 29.1 Å². The summed E-state index contributed by atoms with van der Waals surface area (Å²) in [7, 11) is 0. The van der Waals surface area contributed by atoms with Crippen LogP contribution < -0.4 is 16.4 Å². The lowest BCUT2D eigenvalue weighted by molar-refractivity contribution is -0.117. The van der Waals surface area contributed by atoms with Gasteiger partial charge in [0, 0.05) is 11.1 Å². The van der Waals surface area contributed by atoms with E-state index >= 15 is 0 Å². The van der Waals surface area contributed by atoms with Crippen molar-refractivity contribution in [2.24, 2.45) is 5.73 Å². The molecule has 7 nitrogen and oxygen atoms in total. The zero-order chi connectivity index (χ0) is 17.7. The molecule has 0 saturated carbocycles. The van der Waals surface area contributed by atoms with E-state index in [4.69, 9.17) is 10.8 Å². The highest BCUT2D eigenvalue weighted by Gasteiger charge is 2.19. The minimum atomic E-state index is -1.49. The molecule has 8 heteroatoms. The summed E-state index contributed by atoms with van der Waals surface area (Å²) in [6.45, 7) is 0. The zero-order valence-corrected chi connectivity index (χ0v) is 12.3. The summed E-state index contributed by atoms with van der Waals surface area (Å²) in [5, 5.41) is 12.8. The Bertz CT molecular complexity index is 777. The van der Waals surface area contributed by atoms with Crippen molar-refractivity contribution < 1.29 is 23.9 Å². The van der Waals surface area contributed by atoms with Gasteiger partial charge in [0.15, 0.2) is 11.9 Å². The van der Waals surface area contributed by atoms with Gasteiger partial charge in [-0.2, -0.15) is 0 Å². The van der Waals surface area contributed by atoms with Crippen molar-refractivity contribution in [1.82, 2.24) is 5.32 Å². The smallest absolute Gasteiger partial charge is 0.406 e. The molecule has 1 atom stereocenters. The number of carbonyl (C=O) groups excluding carboxylic acids is 2. The average molecular weight is 331 g/mol. The van der Waals surface area contributed by atoms with Crippen LogP contribution in [0.4, 0.5) is 14.9 Å². The third kappa shape index (κ3) is 4.14. The maximum Gasteiger partial charge on any atom is 0.406 e. The quantitative estimate of drug-likeness (QED) is 0.489. The Balaban J connectivity index is 2.24. The lowest BCUT2D eigenvalue weighted by Crippen LogP contribution is -2.49. The van der Waals surface area contributed by atoms with Crippen LogP contribution in [0.5, 0.6) is 0 Å². The van der Waals surface area contributed by atoms with E-state index in [1.165, 1.54) is 24.3 Å². The predicted molar refractivity (Wildman–Crippen MR) is 84.0 cm³/mol. The van der Waals surface area contributed by atoms with Gasteiger partial charge >= 0.3 is 6.09 Å². The number of carboxylic acid groups (broad SMARTS) is 1. The maximum absolute atomic E-state index is 13.0. The third-order valence-electron chi connectivity index (χ3n) is 3.10. The first kappa shape index (κ1) is 17.1. The van der Waals surface area contributed by atoms with Crippen molar-refractivity contribution in [2.75, 3.05) is 5.32 Å². The van der Waals surface area contributed by atoms with Crippen molar-refractivity contribution >= 4 is 23.5 Å². The van der Waals surface area contributed by atoms with Gasteiger partial charge in [-0.1, -0.05) is 12.1 Å². The molecule has 1 unspecified atom stereocenters. The number of para-hydroxylation sites is 1. The summed E-state index contributed by atoms with van der Waals surface area (Å²) in [6, 6.07) is 11.1. The van der Waals surface area contributed by atoms with Crippen LogP contribution in [0.3, 0.4) is 0 Å². The van der Waals surface area contributed by atoms with E-state index in [9.17, 15) is 18.8 Å². The number of hydrogen-bond donors (Lipinski definition) is 4. The van der Waals surface area contributed by atoms with E-state index in [2.05, 4.69) is 5.32 Å². The van der Waals surface area contributed by atoms with Gasteiger partial charge in [0.2, 0.25) is 0 Å². The summed E-state index contributed by atoms with van der Waals surface area (Å²) < 4.78 is 13.0. The maximum atomic E-state index is 13.0. The third-order valence-corrected chi connectivity index (χ3v) is 3.10. The number of halogens is 1. The number of carbonyl (C=O) groups is 3. The van der Waals surface area contributed by atoms with Crippen LogP contribution >= 0.6 is 0 Å². The van der Waals surface area contributed by atoms with E-state index < -0.39 is 29.8 Å². The van der Waals surface area contributed by atoms with Crippen LogP contribution in [0.2, 0.25) is 0 Å². The second-order valence-corrected chi connectivity index (χ2v) is 4.80. The molecule has 0 heterocycles. The van der Waals surface area contributed by atoms with Gasteiger partial charge in [0.25, 0.3) is 5.91 Å². The summed E-state index contributed by atoms with van der Waals surface area (Å²) in [6.07, 6.45) is -2.94. The van der Waals surface area contributed by atoms with Crippen LogP contribution in [0, 0.1) is 5.82 Å². The van der Waals surface area contributed by atoms with Gasteiger partial charge in [-0.05, 0) is 36.4 Å². The van der Waals surface area contributed by atoms with Crippen molar-refractivity contribution in [2.45, 2.75) is 6.17 Å². The first-order chi connectivity index (χ1) is 11.4. The highest BCUT2D eigenvalue weighted by Crippen LogP contribution is 2.19. The number of amides is 2. The fourth-order valence-corrected chi connectivity index (χ4v) is 1.96. The molecule has 0 bridgehead atoms. The van der Waals surface area contributed by atoms with Crippen molar-refractivity contribution in [3.05, 3.63) is 65.5 Å². The Morgan fingerprint density at radius 2 is 1.67 bits per heavy atom. The minimum Gasteiger partial charge on any atom is -0.465 e. The van der Waals surface area contributed by atoms with Gasteiger partial charge in [-0.15, -0.1) is 0 Å². The number of anilines is 1. The summed E-state index contributed by atoms with van der Waals surface area (Å²) >= 11 is 0. The molecule has 124 valence electrons. The molecule has 2 aromatic carbocycles. The van der Waals surface area contributed by atoms with Crippen LogP contribution in [0.1, 0.15) is 15.9 Å². The highest BCUT2D eigenvalue weighted by atomic mass is 19.1. The summed E-state index contributed by atoms with van der Waals surface area (Å²) in [5.41, 5.74) is 5.96. The molecular weight excluding hydrogens is 317 g/mol. The molecule has 2 amide bonds. The van der Waals surface area contributed by atoms with Crippen LogP contribution in [-0.2, 0) is 4.79 Å². The normalized spacial score (nSPS) is 11.4.